The first-order valence-corrected chi connectivity index (χ1v) is 7.66. The summed E-state index contributed by atoms with van der Waals surface area (Å²) in [6.45, 7) is 0. The monoisotopic (exact) mass is 330 g/mol. The number of carbonyl (C=O) groups excluding carboxylic acids is 3. The normalized spacial score (nSPS) is 10.1. The van der Waals surface area contributed by atoms with E-state index in [-0.39, 0.29) is 5.56 Å². The molecule has 0 saturated heterocycles. The van der Waals surface area contributed by atoms with E-state index < -0.39 is 17.5 Å². The minimum atomic E-state index is -0.605. The molecule has 3 aromatic rings. The van der Waals surface area contributed by atoms with Crippen LogP contribution in [0.15, 0.2) is 84.9 Å². The molecule has 25 heavy (non-hydrogen) atoms. The number of esters is 1. The third-order valence-corrected chi connectivity index (χ3v) is 3.58. The molecule has 0 aliphatic carbocycles. The van der Waals surface area contributed by atoms with Crippen molar-refractivity contribution in [1.82, 2.24) is 0 Å². The Bertz CT molecular complexity index is 898. The van der Waals surface area contributed by atoms with Crippen molar-refractivity contribution in [2.75, 3.05) is 0 Å². The van der Waals surface area contributed by atoms with Crippen LogP contribution < -0.4 is 4.74 Å². The Labute approximate surface area is 144 Å². The van der Waals surface area contributed by atoms with Crippen molar-refractivity contribution in [3.63, 3.8) is 0 Å². The number of hydrogen-bond donors (Lipinski definition) is 0. The van der Waals surface area contributed by atoms with Crippen LogP contribution in [0.5, 0.6) is 5.75 Å². The number of hydrogen-bond acceptors (Lipinski definition) is 4. The number of benzene rings is 3. The van der Waals surface area contributed by atoms with Crippen LogP contribution >= 0.6 is 0 Å². The Balaban J connectivity index is 1.71. The summed E-state index contributed by atoms with van der Waals surface area (Å²) in [5, 5.41) is 0. The first kappa shape index (κ1) is 16.3. The standard InChI is InChI=1S/C21H14O4/c22-19(15-7-3-1-4-8-15)20(23)16-11-13-18(14-12-16)25-21(24)17-9-5-2-6-10-17/h1-14H. The van der Waals surface area contributed by atoms with Crippen molar-refractivity contribution in [3.8, 4) is 5.75 Å². The fourth-order valence-electron chi connectivity index (χ4n) is 2.27. The van der Waals surface area contributed by atoms with Gasteiger partial charge in [-0.3, -0.25) is 9.59 Å². The second-order valence-electron chi connectivity index (χ2n) is 5.30. The summed E-state index contributed by atoms with van der Waals surface area (Å²) in [6.07, 6.45) is 0. The van der Waals surface area contributed by atoms with Crippen LogP contribution in [0.1, 0.15) is 31.1 Å². The molecule has 0 aliphatic heterocycles. The van der Waals surface area contributed by atoms with Gasteiger partial charge in [0.05, 0.1) is 5.56 Å². The first-order valence-electron chi connectivity index (χ1n) is 7.66. The van der Waals surface area contributed by atoms with Gasteiger partial charge in [-0.25, -0.2) is 4.79 Å². The SMILES string of the molecule is O=C(Oc1ccc(C(=O)C(=O)c2ccccc2)cc1)c1ccccc1. The van der Waals surface area contributed by atoms with Gasteiger partial charge < -0.3 is 4.74 Å². The van der Waals surface area contributed by atoms with E-state index in [0.717, 1.165) is 0 Å². The first-order chi connectivity index (χ1) is 12.1. The molecule has 0 N–H and O–H groups in total. The summed E-state index contributed by atoms with van der Waals surface area (Å²) >= 11 is 0. The quantitative estimate of drug-likeness (QED) is 0.307. The number of Topliss-reactive ketones (excluding diaryl/α,β-unsaturated/α-hetero) is 2. The van der Waals surface area contributed by atoms with E-state index in [4.69, 9.17) is 4.74 Å². The van der Waals surface area contributed by atoms with Crippen molar-refractivity contribution in [2.24, 2.45) is 0 Å². The van der Waals surface area contributed by atoms with Crippen molar-refractivity contribution in [1.29, 1.82) is 0 Å². The molecule has 0 bridgehead atoms. The van der Waals surface area contributed by atoms with Gasteiger partial charge in [0.2, 0.25) is 11.6 Å². The average molecular weight is 330 g/mol. The zero-order valence-electron chi connectivity index (χ0n) is 13.2. The number of ketones is 2. The van der Waals surface area contributed by atoms with E-state index in [2.05, 4.69) is 0 Å². The number of carbonyl (C=O) groups is 3. The number of rotatable bonds is 5. The molecule has 0 amide bonds. The van der Waals surface area contributed by atoms with Gasteiger partial charge in [-0.05, 0) is 36.4 Å². The van der Waals surface area contributed by atoms with E-state index in [9.17, 15) is 14.4 Å². The topological polar surface area (TPSA) is 60.4 Å². The molecule has 0 heterocycles. The summed E-state index contributed by atoms with van der Waals surface area (Å²) in [6, 6.07) is 22.9. The predicted octanol–water partition coefficient (Wildman–Crippen LogP) is 3.97. The van der Waals surface area contributed by atoms with Gasteiger partial charge in [0.1, 0.15) is 5.75 Å². The lowest BCUT2D eigenvalue weighted by molar-refractivity contribution is 0.0734. The molecule has 4 heteroatoms. The van der Waals surface area contributed by atoms with Crippen molar-refractivity contribution in [2.45, 2.75) is 0 Å². The molecule has 0 aliphatic rings. The molecule has 0 fully saturated rings. The smallest absolute Gasteiger partial charge is 0.343 e. The molecule has 3 aromatic carbocycles. The molecule has 0 radical (unpaired) electrons. The third kappa shape index (κ3) is 3.87. The van der Waals surface area contributed by atoms with Crippen LogP contribution in [-0.4, -0.2) is 17.5 Å². The minimum Gasteiger partial charge on any atom is -0.423 e. The van der Waals surface area contributed by atoms with E-state index in [1.54, 1.807) is 60.7 Å². The third-order valence-electron chi connectivity index (χ3n) is 3.58. The maximum Gasteiger partial charge on any atom is 0.343 e. The van der Waals surface area contributed by atoms with Gasteiger partial charge in [0.15, 0.2) is 0 Å². The molecule has 122 valence electrons. The average Bonchev–Trinajstić information content (AvgIpc) is 2.69. The lowest BCUT2D eigenvalue weighted by atomic mass is 10.0. The summed E-state index contributed by atoms with van der Waals surface area (Å²) in [5.74, 6) is -1.36. The molecule has 0 spiro atoms. The van der Waals surface area contributed by atoms with Crippen LogP contribution in [0.4, 0.5) is 0 Å². The molecule has 0 aromatic heterocycles. The Hall–Kier alpha value is -3.53. The molecular formula is C21H14O4. The molecule has 4 nitrogen and oxygen atoms in total. The van der Waals surface area contributed by atoms with Gasteiger partial charge in [0.25, 0.3) is 0 Å². The predicted molar refractivity (Wildman–Crippen MR) is 92.9 cm³/mol. The minimum absolute atomic E-state index is 0.244. The largest absolute Gasteiger partial charge is 0.423 e. The maximum atomic E-state index is 12.2. The Morgan fingerprint density at radius 1 is 0.520 bits per heavy atom. The van der Waals surface area contributed by atoms with Crippen LogP contribution in [-0.2, 0) is 0 Å². The number of ether oxygens (including phenoxy) is 1. The Morgan fingerprint density at radius 3 is 1.48 bits per heavy atom. The lowest BCUT2D eigenvalue weighted by Crippen LogP contribution is -2.14. The second-order valence-corrected chi connectivity index (χ2v) is 5.30. The van der Waals surface area contributed by atoms with Crippen LogP contribution in [0.25, 0.3) is 0 Å². The Kier molecular flexibility index (Phi) is 4.81. The van der Waals surface area contributed by atoms with Gasteiger partial charge in [-0.2, -0.15) is 0 Å². The van der Waals surface area contributed by atoms with Gasteiger partial charge in [0, 0.05) is 11.1 Å². The summed E-state index contributed by atoms with van der Waals surface area (Å²) in [5.41, 5.74) is 1.02. The fraction of sp³-hybridized carbons (Fsp3) is 0. The summed E-state index contributed by atoms with van der Waals surface area (Å²) in [4.78, 5) is 36.4. The van der Waals surface area contributed by atoms with E-state index in [1.807, 2.05) is 0 Å². The zero-order valence-corrected chi connectivity index (χ0v) is 13.2. The fourth-order valence-corrected chi connectivity index (χ4v) is 2.27. The Morgan fingerprint density at radius 2 is 0.960 bits per heavy atom. The molecule has 0 saturated carbocycles. The van der Waals surface area contributed by atoms with Crippen LogP contribution in [0.3, 0.4) is 0 Å². The molecular weight excluding hydrogens is 316 g/mol. The lowest BCUT2D eigenvalue weighted by Gasteiger charge is -2.05. The van der Waals surface area contributed by atoms with E-state index in [0.29, 0.717) is 16.9 Å². The highest BCUT2D eigenvalue weighted by atomic mass is 16.5. The highest BCUT2D eigenvalue weighted by molar-refractivity contribution is 6.49. The van der Waals surface area contributed by atoms with Crippen LogP contribution in [0, 0.1) is 0 Å². The highest BCUT2D eigenvalue weighted by Crippen LogP contribution is 2.16. The van der Waals surface area contributed by atoms with Gasteiger partial charge >= 0.3 is 5.97 Å². The van der Waals surface area contributed by atoms with Gasteiger partial charge in [-0.15, -0.1) is 0 Å². The van der Waals surface area contributed by atoms with Crippen molar-refractivity contribution < 1.29 is 19.1 Å². The summed E-state index contributed by atoms with van der Waals surface area (Å²) in [7, 11) is 0. The van der Waals surface area contributed by atoms with Crippen molar-refractivity contribution >= 4 is 17.5 Å². The molecule has 0 unspecified atom stereocenters. The molecule has 0 atom stereocenters. The van der Waals surface area contributed by atoms with Crippen LogP contribution in [0.2, 0.25) is 0 Å². The summed E-state index contributed by atoms with van der Waals surface area (Å²) < 4.78 is 5.25. The van der Waals surface area contributed by atoms with Gasteiger partial charge in [-0.1, -0.05) is 48.5 Å². The van der Waals surface area contributed by atoms with E-state index >= 15 is 0 Å². The van der Waals surface area contributed by atoms with E-state index in [1.165, 1.54) is 24.3 Å². The molecule has 3 rings (SSSR count). The maximum absolute atomic E-state index is 12.2. The highest BCUT2D eigenvalue weighted by Gasteiger charge is 2.18. The second kappa shape index (κ2) is 7.36. The zero-order chi connectivity index (χ0) is 17.6. The van der Waals surface area contributed by atoms with Crippen molar-refractivity contribution in [3.05, 3.63) is 102 Å².